The molecule has 0 aromatic heterocycles. The van der Waals surface area contributed by atoms with Crippen LogP contribution in [-0.2, 0) is 4.79 Å². The lowest BCUT2D eigenvalue weighted by atomic mass is 10.3. The second kappa shape index (κ2) is 5.24. The molecule has 2 amide bonds. The molecule has 1 heterocycles. The molecule has 1 aliphatic heterocycles. The van der Waals surface area contributed by atoms with Gasteiger partial charge >= 0.3 is 0 Å². The number of rotatable bonds is 4. The Morgan fingerprint density at radius 3 is 2.92 bits per heavy atom. The van der Waals surface area contributed by atoms with E-state index in [1.807, 2.05) is 7.05 Å². The summed E-state index contributed by atoms with van der Waals surface area (Å²) in [6, 6.07) is 0. The number of hydrogen-bond donors (Lipinski definition) is 1. The zero-order valence-corrected chi connectivity index (χ0v) is 8.52. The fourth-order valence-electron chi connectivity index (χ4n) is 1.17. The maximum absolute atomic E-state index is 11.3. The Bertz CT molecular complexity index is 192. The Morgan fingerprint density at radius 2 is 2.31 bits per heavy atom. The molecule has 0 radical (unpaired) electrons. The standard InChI is InChI=1S/C8H14N2O2S/c1-9-4-2-5-10-7(11)3-6-13-8(10)12/h9H,2-6H2,1H3. The topological polar surface area (TPSA) is 49.4 Å². The third-order valence-corrected chi connectivity index (χ3v) is 2.75. The third-order valence-electron chi connectivity index (χ3n) is 1.87. The van der Waals surface area contributed by atoms with Gasteiger partial charge in [-0.1, -0.05) is 11.8 Å². The van der Waals surface area contributed by atoms with Gasteiger partial charge in [0.2, 0.25) is 5.91 Å². The Balaban J connectivity index is 2.35. The Kier molecular flexibility index (Phi) is 4.24. The molecule has 1 aliphatic rings. The summed E-state index contributed by atoms with van der Waals surface area (Å²) in [5.74, 6) is 0.611. The maximum Gasteiger partial charge on any atom is 0.288 e. The summed E-state index contributed by atoms with van der Waals surface area (Å²) in [7, 11) is 1.86. The van der Waals surface area contributed by atoms with E-state index in [0.29, 0.717) is 18.7 Å². The van der Waals surface area contributed by atoms with Crippen molar-refractivity contribution < 1.29 is 9.59 Å². The molecule has 13 heavy (non-hydrogen) atoms. The second-order valence-corrected chi connectivity index (χ2v) is 3.91. The minimum absolute atomic E-state index is 0.0279. The average Bonchev–Trinajstić information content (AvgIpc) is 2.10. The molecule has 1 fully saturated rings. The average molecular weight is 202 g/mol. The predicted molar refractivity (Wildman–Crippen MR) is 52.7 cm³/mol. The molecule has 1 N–H and O–H groups in total. The Hall–Kier alpha value is -0.550. The molecular weight excluding hydrogens is 188 g/mol. The first-order valence-electron chi connectivity index (χ1n) is 4.37. The van der Waals surface area contributed by atoms with Crippen molar-refractivity contribution in [3.8, 4) is 0 Å². The lowest BCUT2D eigenvalue weighted by Gasteiger charge is -2.23. The van der Waals surface area contributed by atoms with E-state index in [-0.39, 0.29) is 11.1 Å². The van der Waals surface area contributed by atoms with Crippen LogP contribution in [0.4, 0.5) is 4.79 Å². The SMILES string of the molecule is CNCCCN1C(=O)CCSC1=O. The lowest BCUT2D eigenvalue weighted by molar-refractivity contribution is -0.127. The predicted octanol–water partition coefficient (Wildman–Crippen LogP) is 0.681. The number of amides is 2. The van der Waals surface area contributed by atoms with E-state index >= 15 is 0 Å². The molecule has 0 unspecified atom stereocenters. The second-order valence-electron chi connectivity index (χ2n) is 2.87. The van der Waals surface area contributed by atoms with Crippen LogP contribution < -0.4 is 5.32 Å². The summed E-state index contributed by atoms with van der Waals surface area (Å²) in [6.45, 7) is 1.38. The molecule has 0 aromatic rings. The van der Waals surface area contributed by atoms with E-state index in [4.69, 9.17) is 0 Å². The van der Waals surface area contributed by atoms with Crippen molar-refractivity contribution in [2.45, 2.75) is 12.8 Å². The van der Waals surface area contributed by atoms with Crippen LogP contribution in [0, 0.1) is 0 Å². The molecule has 0 saturated carbocycles. The van der Waals surface area contributed by atoms with Gasteiger partial charge in [0.05, 0.1) is 0 Å². The van der Waals surface area contributed by atoms with Crippen molar-refractivity contribution in [3.05, 3.63) is 0 Å². The monoisotopic (exact) mass is 202 g/mol. The number of thioether (sulfide) groups is 1. The van der Waals surface area contributed by atoms with Gasteiger partial charge < -0.3 is 5.32 Å². The fraction of sp³-hybridized carbons (Fsp3) is 0.750. The van der Waals surface area contributed by atoms with Gasteiger partial charge in [0.25, 0.3) is 5.24 Å². The smallest absolute Gasteiger partial charge is 0.288 e. The van der Waals surface area contributed by atoms with E-state index < -0.39 is 0 Å². The number of hydrogen-bond acceptors (Lipinski definition) is 4. The minimum Gasteiger partial charge on any atom is -0.320 e. The van der Waals surface area contributed by atoms with Gasteiger partial charge in [0.15, 0.2) is 0 Å². The van der Waals surface area contributed by atoms with Gasteiger partial charge in [-0.3, -0.25) is 14.5 Å². The number of nitrogens with one attached hydrogen (secondary N) is 1. The van der Waals surface area contributed by atoms with Crippen LogP contribution in [0.15, 0.2) is 0 Å². The molecule has 0 aromatic carbocycles. The lowest BCUT2D eigenvalue weighted by Crippen LogP contribution is -2.39. The molecule has 4 nitrogen and oxygen atoms in total. The largest absolute Gasteiger partial charge is 0.320 e. The van der Waals surface area contributed by atoms with Crippen LogP contribution in [0.3, 0.4) is 0 Å². The van der Waals surface area contributed by atoms with Crippen LogP contribution >= 0.6 is 11.8 Å². The Labute approximate surface area is 82.0 Å². The normalized spacial score (nSPS) is 18.1. The number of carbonyl (C=O) groups excluding carboxylic acids is 2. The zero-order chi connectivity index (χ0) is 9.68. The molecule has 0 atom stereocenters. The number of carbonyl (C=O) groups is 2. The Morgan fingerprint density at radius 1 is 1.54 bits per heavy atom. The molecule has 0 bridgehead atoms. The molecule has 0 spiro atoms. The van der Waals surface area contributed by atoms with Crippen molar-refractivity contribution >= 4 is 22.9 Å². The van der Waals surface area contributed by atoms with E-state index in [9.17, 15) is 9.59 Å². The van der Waals surface area contributed by atoms with Gasteiger partial charge in [0.1, 0.15) is 0 Å². The quantitative estimate of drug-likeness (QED) is 0.681. The van der Waals surface area contributed by atoms with Crippen LogP contribution in [0.5, 0.6) is 0 Å². The molecule has 5 heteroatoms. The van der Waals surface area contributed by atoms with E-state index in [0.717, 1.165) is 13.0 Å². The first-order valence-corrected chi connectivity index (χ1v) is 5.36. The van der Waals surface area contributed by atoms with Gasteiger partial charge in [0, 0.05) is 18.7 Å². The van der Waals surface area contributed by atoms with Gasteiger partial charge in [-0.15, -0.1) is 0 Å². The highest BCUT2D eigenvalue weighted by Crippen LogP contribution is 2.18. The van der Waals surface area contributed by atoms with Crippen molar-refractivity contribution in [1.82, 2.24) is 10.2 Å². The van der Waals surface area contributed by atoms with Crippen molar-refractivity contribution in [1.29, 1.82) is 0 Å². The van der Waals surface area contributed by atoms with Gasteiger partial charge in [-0.05, 0) is 20.0 Å². The summed E-state index contributed by atoms with van der Waals surface area (Å²) in [5.41, 5.74) is 0. The van der Waals surface area contributed by atoms with E-state index in [1.165, 1.54) is 16.7 Å². The molecule has 0 aliphatic carbocycles. The van der Waals surface area contributed by atoms with Crippen molar-refractivity contribution in [2.75, 3.05) is 25.9 Å². The number of imide groups is 1. The highest BCUT2D eigenvalue weighted by molar-refractivity contribution is 8.13. The minimum atomic E-state index is -0.0904. The van der Waals surface area contributed by atoms with Gasteiger partial charge in [-0.2, -0.15) is 0 Å². The highest BCUT2D eigenvalue weighted by Gasteiger charge is 2.25. The third kappa shape index (κ3) is 3.00. The number of nitrogens with zero attached hydrogens (tertiary/aromatic N) is 1. The van der Waals surface area contributed by atoms with Gasteiger partial charge in [-0.25, -0.2) is 0 Å². The molecule has 1 saturated heterocycles. The van der Waals surface area contributed by atoms with Crippen LogP contribution in [0.2, 0.25) is 0 Å². The fourth-order valence-corrected chi connectivity index (χ4v) is 1.97. The van der Waals surface area contributed by atoms with E-state index in [1.54, 1.807) is 0 Å². The summed E-state index contributed by atoms with van der Waals surface area (Å²) in [5, 5.41) is 2.89. The maximum atomic E-state index is 11.3. The van der Waals surface area contributed by atoms with Crippen molar-refractivity contribution in [2.24, 2.45) is 0 Å². The highest BCUT2D eigenvalue weighted by atomic mass is 32.2. The van der Waals surface area contributed by atoms with Crippen molar-refractivity contribution in [3.63, 3.8) is 0 Å². The zero-order valence-electron chi connectivity index (χ0n) is 7.71. The summed E-state index contributed by atoms with van der Waals surface area (Å²) >= 11 is 1.23. The van der Waals surface area contributed by atoms with Crippen LogP contribution in [0.25, 0.3) is 0 Å². The van der Waals surface area contributed by atoms with E-state index in [2.05, 4.69) is 5.32 Å². The summed E-state index contributed by atoms with van der Waals surface area (Å²) in [6.07, 6.45) is 1.32. The first kappa shape index (κ1) is 10.5. The summed E-state index contributed by atoms with van der Waals surface area (Å²) < 4.78 is 0. The molecule has 74 valence electrons. The summed E-state index contributed by atoms with van der Waals surface area (Å²) in [4.78, 5) is 23.9. The molecular formula is C8H14N2O2S. The van der Waals surface area contributed by atoms with Crippen LogP contribution in [-0.4, -0.2) is 41.9 Å². The van der Waals surface area contributed by atoms with Crippen LogP contribution in [0.1, 0.15) is 12.8 Å². The molecule has 1 rings (SSSR count). The first-order chi connectivity index (χ1) is 6.25.